The molecule has 0 aliphatic heterocycles. The van der Waals surface area contributed by atoms with Crippen LogP contribution in [0.1, 0.15) is 48.7 Å². The van der Waals surface area contributed by atoms with Crippen LogP contribution >= 0.6 is 23.2 Å². The number of nitrogens with one attached hydrogen (secondary N) is 1. The first-order valence-electron chi connectivity index (χ1n) is 12.8. The highest BCUT2D eigenvalue weighted by molar-refractivity contribution is 6.39. The Morgan fingerprint density at radius 3 is 2.17 bits per heavy atom. The van der Waals surface area contributed by atoms with E-state index in [4.69, 9.17) is 32.7 Å². The van der Waals surface area contributed by atoms with E-state index in [-0.39, 0.29) is 22.0 Å². The third-order valence-electron chi connectivity index (χ3n) is 5.83. The van der Waals surface area contributed by atoms with Gasteiger partial charge in [0.05, 0.1) is 22.7 Å². The summed E-state index contributed by atoms with van der Waals surface area (Å²) < 4.78 is 10.5. The summed E-state index contributed by atoms with van der Waals surface area (Å²) in [7, 11) is 1.26. The van der Waals surface area contributed by atoms with Crippen LogP contribution in [0.5, 0.6) is 0 Å². The standard InChI is InChI=1S/C30H33Cl2N3O5/c1-30(2,3)40-29(38)35(25-12-5-6-17-33-25)18-8-9-20-13-15-21(16-14-20)19-24(28(37)39-4)34-27(36)26-22(31)10-7-11-23(26)32/h5-7,10-17,24H,8-9,18-19H2,1-4H3,(H,34,36). The Labute approximate surface area is 244 Å². The number of aryl methyl sites for hydroxylation is 1. The second kappa shape index (κ2) is 14.1. The molecule has 212 valence electrons. The second-order valence-electron chi connectivity index (χ2n) is 10.1. The zero-order valence-corrected chi connectivity index (χ0v) is 24.5. The van der Waals surface area contributed by atoms with E-state index < -0.39 is 29.6 Å². The van der Waals surface area contributed by atoms with Gasteiger partial charge in [0.15, 0.2) is 0 Å². The molecule has 3 rings (SSSR count). The summed E-state index contributed by atoms with van der Waals surface area (Å²) >= 11 is 12.3. The molecule has 0 aliphatic carbocycles. The lowest BCUT2D eigenvalue weighted by Gasteiger charge is -2.26. The number of nitrogens with zero attached hydrogens (tertiary/aromatic N) is 2. The number of halogens is 2. The van der Waals surface area contributed by atoms with E-state index in [0.29, 0.717) is 25.2 Å². The summed E-state index contributed by atoms with van der Waals surface area (Å²) in [6.07, 6.45) is 2.78. The quantitative estimate of drug-likeness (QED) is 0.281. The van der Waals surface area contributed by atoms with Gasteiger partial charge >= 0.3 is 12.1 Å². The molecule has 1 atom stereocenters. The fourth-order valence-electron chi connectivity index (χ4n) is 3.93. The maximum atomic E-state index is 12.8. The van der Waals surface area contributed by atoms with Crippen molar-refractivity contribution in [3.05, 3.63) is 93.6 Å². The summed E-state index contributed by atoms with van der Waals surface area (Å²) in [5.41, 5.74) is 1.35. The van der Waals surface area contributed by atoms with E-state index in [1.54, 1.807) is 36.5 Å². The van der Waals surface area contributed by atoms with Crippen molar-refractivity contribution in [3.63, 3.8) is 0 Å². The van der Waals surface area contributed by atoms with E-state index in [2.05, 4.69) is 10.3 Å². The second-order valence-corrected chi connectivity index (χ2v) is 10.9. The highest BCUT2D eigenvalue weighted by atomic mass is 35.5. The lowest BCUT2D eigenvalue weighted by atomic mass is 10.0. The van der Waals surface area contributed by atoms with Crippen molar-refractivity contribution in [1.29, 1.82) is 0 Å². The third kappa shape index (κ3) is 8.96. The molecule has 0 saturated carbocycles. The Balaban J connectivity index is 1.63. The van der Waals surface area contributed by atoms with Crippen molar-refractivity contribution >= 4 is 47.0 Å². The monoisotopic (exact) mass is 585 g/mol. The molecule has 8 nitrogen and oxygen atoms in total. The number of ether oxygens (including phenoxy) is 2. The van der Waals surface area contributed by atoms with Crippen molar-refractivity contribution in [3.8, 4) is 0 Å². The molecule has 0 saturated heterocycles. The molecule has 0 bridgehead atoms. The van der Waals surface area contributed by atoms with Crippen molar-refractivity contribution in [2.45, 2.75) is 51.7 Å². The molecule has 2 aromatic carbocycles. The number of amides is 2. The van der Waals surface area contributed by atoms with Gasteiger partial charge in [0.2, 0.25) is 0 Å². The predicted molar refractivity (Wildman–Crippen MR) is 156 cm³/mol. The van der Waals surface area contributed by atoms with Crippen LogP contribution in [-0.4, -0.2) is 48.3 Å². The van der Waals surface area contributed by atoms with E-state index >= 15 is 0 Å². The van der Waals surface area contributed by atoms with Gasteiger partial charge in [0, 0.05) is 19.2 Å². The fourth-order valence-corrected chi connectivity index (χ4v) is 4.50. The highest BCUT2D eigenvalue weighted by Gasteiger charge is 2.26. The average Bonchev–Trinajstić information content (AvgIpc) is 2.90. The molecule has 0 aliphatic rings. The SMILES string of the molecule is COC(=O)C(Cc1ccc(CCCN(C(=O)OC(C)(C)C)c2ccccn2)cc1)NC(=O)c1c(Cl)cccc1Cl. The minimum absolute atomic E-state index is 0.0983. The number of benzene rings is 2. The van der Waals surface area contributed by atoms with E-state index in [9.17, 15) is 14.4 Å². The maximum absolute atomic E-state index is 12.8. The van der Waals surface area contributed by atoms with Crippen molar-refractivity contribution in [2.24, 2.45) is 0 Å². The summed E-state index contributed by atoms with van der Waals surface area (Å²) in [4.78, 5) is 43.9. The zero-order valence-electron chi connectivity index (χ0n) is 22.9. The summed E-state index contributed by atoms with van der Waals surface area (Å²) in [5, 5.41) is 3.05. The Bertz CT molecular complexity index is 1290. The molecule has 2 amide bonds. The van der Waals surface area contributed by atoms with Crippen LogP contribution in [0.2, 0.25) is 10.0 Å². The van der Waals surface area contributed by atoms with Crippen LogP contribution < -0.4 is 10.2 Å². The van der Waals surface area contributed by atoms with Gasteiger partial charge < -0.3 is 14.8 Å². The molecule has 0 fully saturated rings. The first kappa shape index (κ1) is 30.9. The minimum Gasteiger partial charge on any atom is -0.467 e. The molecule has 1 N–H and O–H groups in total. The first-order chi connectivity index (χ1) is 19.0. The number of pyridine rings is 1. The van der Waals surface area contributed by atoms with Gasteiger partial charge in [-0.2, -0.15) is 0 Å². The molecule has 10 heteroatoms. The molecular formula is C30H33Cl2N3O5. The number of hydrogen-bond donors (Lipinski definition) is 1. The zero-order chi connectivity index (χ0) is 29.3. The Morgan fingerprint density at radius 1 is 0.950 bits per heavy atom. The first-order valence-corrected chi connectivity index (χ1v) is 13.6. The molecule has 1 heterocycles. The highest BCUT2D eigenvalue weighted by Crippen LogP contribution is 2.24. The normalized spacial score (nSPS) is 11.8. The minimum atomic E-state index is -0.934. The molecule has 1 unspecified atom stereocenters. The summed E-state index contributed by atoms with van der Waals surface area (Å²) in [5.74, 6) is -0.622. The van der Waals surface area contributed by atoms with Crippen molar-refractivity contribution in [1.82, 2.24) is 10.3 Å². The van der Waals surface area contributed by atoms with Crippen LogP contribution in [0.3, 0.4) is 0 Å². The number of carbonyl (C=O) groups is 3. The number of carbonyl (C=O) groups excluding carboxylic acids is 3. The molecule has 40 heavy (non-hydrogen) atoms. The Kier molecular flexibility index (Phi) is 10.9. The number of anilines is 1. The van der Waals surface area contributed by atoms with E-state index in [1.807, 2.05) is 51.1 Å². The van der Waals surface area contributed by atoms with Crippen LogP contribution in [0.25, 0.3) is 0 Å². The summed E-state index contributed by atoms with van der Waals surface area (Å²) in [6, 6.07) is 16.9. The Hall–Kier alpha value is -3.62. The van der Waals surface area contributed by atoms with Gasteiger partial charge in [0.25, 0.3) is 5.91 Å². The van der Waals surface area contributed by atoms with Crippen LogP contribution in [0, 0.1) is 0 Å². The molecule has 1 aromatic heterocycles. The third-order valence-corrected chi connectivity index (χ3v) is 6.46. The smallest absolute Gasteiger partial charge is 0.416 e. The largest absolute Gasteiger partial charge is 0.467 e. The van der Waals surface area contributed by atoms with Gasteiger partial charge in [-0.05, 0) is 69.0 Å². The maximum Gasteiger partial charge on any atom is 0.416 e. The Morgan fingerprint density at radius 2 is 1.60 bits per heavy atom. The van der Waals surface area contributed by atoms with Crippen LogP contribution in [0.15, 0.2) is 66.9 Å². The number of hydrogen-bond acceptors (Lipinski definition) is 6. The van der Waals surface area contributed by atoms with Gasteiger partial charge in [0.1, 0.15) is 17.5 Å². The average molecular weight is 587 g/mol. The molecular weight excluding hydrogens is 553 g/mol. The molecule has 0 radical (unpaired) electrons. The van der Waals surface area contributed by atoms with E-state index in [0.717, 1.165) is 11.1 Å². The lowest BCUT2D eigenvalue weighted by molar-refractivity contribution is -0.142. The molecule has 0 spiro atoms. The fraction of sp³-hybridized carbons (Fsp3) is 0.333. The molecule has 3 aromatic rings. The van der Waals surface area contributed by atoms with Gasteiger partial charge in [-0.15, -0.1) is 0 Å². The number of aromatic nitrogens is 1. The predicted octanol–water partition coefficient (Wildman–Crippen LogP) is 6.28. The van der Waals surface area contributed by atoms with Crippen molar-refractivity contribution in [2.75, 3.05) is 18.6 Å². The summed E-state index contributed by atoms with van der Waals surface area (Å²) in [6.45, 7) is 5.90. The number of esters is 1. The number of methoxy groups -OCH3 is 1. The lowest BCUT2D eigenvalue weighted by Crippen LogP contribution is -2.43. The van der Waals surface area contributed by atoms with Crippen LogP contribution in [0.4, 0.5) is 10.6 Å². The van der Waals surface area contributed by atoms with Crippen molar-refractivity contribution < 1.29 is 23.9 Å². The van der Waals surface area contributed by atoms with Gasteiger partial charge in [-0.1, -0.05) is 59.6 Å². The van der Waals surface area contributed by atoms with Crippen LogP contribution in [-0.2, 0) is 27.1 Å². The topological polar surface area (TPSA) is 97.8 Å². The van der Waals surface area contributed by atoms with Gasteiger partial charge in [-0.25, -0.2) is 14.6 Å². The van der Waals surface area contributed by atoms with Gasteiger partial charge in [-0.3, -0.25) is 9.69 Å². The van der Waals surface area contributed by atoms with E-state index in [1.165, 1.54) is 12.0 Å². The number of rotatable bonds is 10.